The number of nitrogens with two attached hydrogens (primary N) is 2. The Bertz CT molecular complexity index is 745. The van der Waals surface area contributed by atoms with E-state index in [1.54, 1.807) is 0 Å². The molecule has 0 saturated carbocycles. The predicted octanol–water partition coefficient (Wildman–Crippen LogP) is 4.67. The fourth-order valence-corrected chi connectivity index (χ4v) is 1.76. The Hall–Kier alpha value is -3.41. The van der Waals surface area contributed by atoms with Gasteiger partial charge in [0.25, 0.3) is 0 Å². The number of hydrogen-bond acceptors (Lipinski definition) is 4. The van der Waals surface area contributed by atoms with Crippen LogP contribution >= 0.6 is 0 Å². The Morgan fingerprint density at radius 1 is 0.815 bits per heavy atom. The average molecular weight is 365 g/mol. The van der Waals surface area contributed by atoms with Crippen LogP contribution in [0.15, 0.2) is 71.3 Å². The Labute approximate surface area is 160 Å². The first-order chi connectivity index (χ1) is 13.0. The highest BCUT2D eigenvalue weighted by Gasteiger charge is 2.07. The molecule has 6 N–H and O–H groups in total. The van der Waals surface area contributed by atoms with E-state index in [0.717, 1.165) is 22.6 Å². The molecule has 6 nitrogen and oxygen atoms in total. The van der Waals surface area contributed by atoms with E-state index >= 15 is 0 Å². The van der Waals surface area contributed by atoms with E-state index < -0.39 is 0 Å². The summed E-state index contributed by atoms with van der Waals surface area (Å²) in [5.74, 6) is 1.31. The highest BCUT2D eigenvalue weighted by molar-refractivity contribution is 5.76. The van der Waals surface area contributed by atoms with Crippen LogP contribution in [0, 0.1) is 10.8 Å². The summed E-state index contributed by atoms with van der Waals surface area (Å²) in [7, 11) is 0. The fraction of sp³-hybridized carbons (Fsp3) is 0.190. The number of nitrogens with one attached hydrogen (secondary N) is 2. The van der Waals surface area contributed by atoms with Crippen molar-refractivity contribution >= 4 is 11.7 Å². The van der Waals surface area contributed by atoms with Crippen molar-refractivity contribution in [2.24, 2.45) is 11.5 Å². The topological polar surface area (TPSA) is 126 Å². The standard InChI is InChI=1S/C15H11NO.2C3H8N2/c1-3-7-12(8-4-1)14-11-15(17-16-14)13-9-5-2-6-10-13;2*1-2-3(4)5/h1-11H;2*2H2,1H3,(H3,4,5). The van der Waals surface area contributed by atoms with E-state index in [4.69, 9.17) is 26.8 Å². The van der Waals surface area contributed by atoms with Gasteiger partial charge in [-0.25, -0.2) is 0 Å². The molecule has 0 aliphatic rings. The molecule has 142 valence electrons. The second-order valence-electron chi connectivity index (χ2n) is 5.57. The molecular weight excluding hydrogens is 338 g/mol. The van der Waals surface area contributed by atoms with Crippen LogP contribution in [0.3, 0.4) is 0 Å². The normalized spacial score (nSPS) is 9.26. The van der Waals surface area contributed by atoms with Gasteiger partial charge in [0.05, 0.1) is 11.7 Å². The molecule has 0 fully saturated rings. The smallest absolute Gasteiger partial charge is 0.167 e. The van der Waals surface area contributed by atoms with Crippen molar-refractivity contribution in [3.8, 4) is 22.6 Å². The molecule has 0 unspecified atom stereocenters. The summed E-state index contributed by atoms with van der Waals surface area (Å²) in [4.78, 5) is 0. The lowest BCUT2D eigenvalue weighted by molar-refractivity contribution is 0.435. The van der Waals surface area contributed by atoms with Crippen LogP contribution in [-0.4, -0.2) is 16.8 Å². The first kappa shape index (κ1) is 21.6. The number of nitrogens with zero attached hydrogens (tertiary/aromatic N) is 1. The number of benzene rings is 2. The van der Waals surface area contributed by atoms with Gasteiger partial charge in [-0.15, -0.1) is 0 Å². The molecule has 0 aliphatic heterocycles. The molecule has 0 amide bonds. The molecule has 6 heteroatoms. The summed E-state index contributed by atoms with van der Waals surface area (Å²) in [5.41, 5.74) is 12.7. The lowest BCUT2D eigenvalue weighted by Crippen LogP contribution is -2.05. The van der Waals surface area contributed by atoms with Crippen LogP contribution in [0.5, 0.6) is 0 Å². The minimum absolute atomic E-state index is 0.255. The van der Waals surface area contributed by atoms with Gasteiger partial charge in [0.15, 0.2) is 5.76 Å². The summed E-state index contributed by atoms with van der Waals surface area (Å²) in [6.07, 6.45) is 1.33. The van der Waals surface area contributed by atoms with Gasteiger partial charge in [-0.3, -0.25) is 10.8 Å². The van der Waals surface area contributed by atoms with Crippen molar-refractivity contribution in [1.29, 1.82) is 10.8 Å². The molecule has 3 rings (SSSR count). The Morgan fingerprint density at radius 2 is 1.22 bits per heavy atom. The van der Waals surface area contributed by atoms with E-state index in [1.165, 1.54) is 0 Å². The van der Waals surface area contributed by atoms with Gasteiger partial charge >= 0.3 is 0 Å². The molecule has 0 spiro atoms. The van der Waals surface area contributed by atoms with E-state index in [1.807, 2.05) is 80.6 Å². The van der Waals surface area contributed by atoms with Crippen molar-refractivity contribution in [3.63, 3.8) is 0 Å². The zero-order valence-corrected chi connectivity index (χ0v) is 15.8. The van der Waals surface area contributed by atoms with Gasteiger partial charge < -0.3 is 16.0 Å². The summed E-state index contributed by atoms with van der Waals surface area (Å²) < 4.78 is 5.36. The number of hydrogen-bond donors (Lipinski definition) is 4. The van der Waals surface area contributed by atoms with Crippen molar-refractivity contribution < 1.29 is 4.52 Å². The number of rotatable bonds is 4. The SMILES string of the molecule is CCC(=N)N.CCC(=N)N.c1ccc(-c2cc(-c3ccccc3)on2)cc1. The summed E-state index contributed by atoms with van der Waals surface area (Å²) >= 11 is 0. The van der Waals surface area contributed by atoms with Crippen molar-refractivity contribution in [2.45, 2.75) is 26.7 Å². The monoisotopic (exact) mass is 365 g/mol. The van der Waals surface area contributed by atoms with Crippen LogP contribution in [-0.2, 0) is 0 Å². The number of amidine groups is 2. The molecular formula is C21H27N5O. The van der Waals surface area contributed by atoms with Gasteiger partial charge in [-0.1, -0.05) is 79.7 Å². The zero-order valence-electron chi connectivity index (χ0n) is 15.8. The van der Waals surface area contributed by atoms with Gasteiger partial charge in [0.2, 0.25) is 0 Å². The molecule has 0 atom stereocenters. The minimum atomic E-state index is 0.255. The van der Waals surface area contributed by atoms with Crippen molar-refractivity contribution in [3.05, 3.63) is 66.7 Å². The van der Waals surface area contributed by atoms with E-state index in [-0.39, 0.29) is 11.7 Å². The first-order valence-electron chi connectivity index (χ1n) is 8.71. The lowest BCUT2D eigenvalue weighted by Gasteiger charge is -1.92. The maximum absolute atomic E-state index is 6.52. The van der Waals surface area contributed by atoms with Crippen LogP contribution in [0.1, 0.15) is 26.7 Å². The van der Waals surface area contributed by atoms with Gasteiger partial charge in [-0.2, -0.15) is 0 Å². The molecule has 0 saturated heterocycles. The predicted molar refractivity (Wildman–Crippen MR) is 112 cm³/mol. The molecule has 1 heterocycles. The van der Waals surface area contributed by atoms with Crippen LogP contribution in [0.2, 0.25) is 0 Å². The molecule has 1 aromatic heterocycles. The second-order valence-corrected chi connectivity index (χ2v) is 5.57. The molecule has 2 aromatic carbocycles. The summed E-state index contributed by atoms with van der Waals surface area (Å²) in [6, 6.07) is 22.0. The van der Waals surface area contributed by atoms with Crippen LogP contribution in [0.4, 0.5) is 0 Å². The van der Waals surface area contributed by atoms with E-state index in [9.17, 15) is 0 Å². The summed E-state index contributed by atoms with van der Waals surface area (Å²) in [5, 5.41) is 17.1. The van der Waals surface area contributed by atoms with E-state index in [2.05, 4.69) is 5.16 Å². The quantitative estimate of drug-likeness (QED) is 0.396. The highest BCUT2D eigenvalue weighted by Crippen LogP contribution is 2.25. The Balaban J connectivity index is 0.000000306. The Morgan fingerprint density at radius 3 is 1.63 bits per heavy atom. The first-order valence-corrected chi connectivity index (χ1v) is 8.71. The largest absolute Gasteiger partial charge is 0.388 e. The summed E-state index contributed by atoms with van der Waals surface area (Å²) in [6.45, 7) is 3.70. The Kier molecular flexibility index (Phi) is 9.64. The molecule has 0 bridgehead atoms. The second kappa shape index (κ2) is 12.0. The van der Waals surface area contributed by atoms with Gasteiger partial charge in [0.1, 0.15) is 5.69 Å². The van der Waals surface area contributed by atoms with Crippen LogP contribution < -0.4 is 11.5 Å². The molecule has 27 heavy (non-hydrogen) atoms. The van der Waals surface area contributed by atoms with Crippen LogP contribution in [0.25, 0.3) is 22.6 Å². The third kappa shape index (κ3) is 8.49. The zero-order chi connectivity index (χ0) is 20.1. The highest BCUT2D eigenvalue weighted by atomic mass is 16.5. The molecule has 3 aromatic rings. The van der Waals surface area contributed by atoms with Gasteiger partial charge in [0, 0.05) is 30.0 Å². The maximum atomic E-state index is 6.52. The average Bonchev–Trinajstić information content (AvgIpc) is 3.20. The fourth-order valence-electron chi connectivity index (χ4n) is 1.76. The molecule has 0 radical (unpaired) electrons. The maximum Gasteiger partial charge on any atom is 0.167 e. The third-order valence-electron chi connectivity index (χ3n) is 3.40. The van der Waals surface area contributed by atoms with Crippen molar-refractivity contribution in [2.75, 3.05) is 0 Å². The minimum Gasteiger partial charge on any atom is -0.388 e. The number of aromatic nitrogens is 1. The van der Waals surface area contributed by atoms with E-state index in [0.29, 0.717) is 12.8 Å². The van der Waals surface area contributed by atoms with Crippen molar-refractivity contribution in [1.82, 2.24) is 5.16 Å². The third-order valence-corrected chi connectivity index (χ3v) is 3.40. The van der Waals surface area contributed by atoms with Gasteiger partial charge in [-0.05, 0) is 0 Å². The molecule has 0 aliphatic carbocycles. The lowest BCUT2D eigenvalue weighted by atomic mass is 10.1.